The van der Waals surface area contributed by atoms with Crippen molar-refractivity contribution in [1.29, 1.82) is 0 Å². The molecular formula is C26H37F5O. The molecule has 32 heavy (non-hydrogen) atoms. The Balaban J connectivity index is 1.35. The van der Waals surface area contributed by atoms with Crippen molar-refractivity contribution in [1.82, 2.24) is 0 Å². The number of hydrogen-bond donors (Lipinski definition) is 0. The van der Waals surface area contributed by atoms with Crippen LogP contribution >= 0.6 is 0 Å². The molecule has 0 unspecified atom stereocenters. The van der Waals surface area contributed by atoms with Gasteiger partial charge in [-0.05, 0) is 79.9 Å². The maximum Gasteiger partial charge on any atom is 0.456 e. The second-order valence-electron chi connectivity index (χ2n) is 10.0. The lowest BCUT2D eigenvalue weighted by atomic mass is 9.68. The van der Waals surface area contributed by atoms with E-state index in [1.165, 1.54) is 76.3 Å². The smallest absolute Gasteiger partial charge is 0.456 e. The van der Waals surface area contributed by atoms with Crippen molar-refractivity contribution in [3.8, 4) is 5.75 Å². The van der Waals surface area contributed by atoms with Crippen LogP contribution in [-0.2, 0) is 6.42 Å². The molecule has 0 radical (unpaired) electrons. The van der Waals surface area contributed by atoms with E-state index in [1.54, 1.807) is 12.1 Å². The van der Waals surface area contributed by atoms with E-state index in [9.17, 15) is 22.0 Å². The Morgan fingerprint density at radius 1 is 0.750 bits per heavy atom. The Bertz CT molecular complexity index is 668. The Kier molecular flexibility index (Phi) is 8.85. The molecular weight excluding hydrogens is 423 g/mol. The maximum absolute atomic E-state index is 13.0. The minimum Gasteiger partial charge on any atom is -0.487 e. The normalized spacial score (nSPS) is 27.3. The number of halogens is 5. The van der Waals surface area contributed by atoms with Crippen LogP contribution < -0.4 is 4.74 Å². The van der Waals surface area contributed by atoms with Gasteiger partial charge in [-0.1, -0.05) is 57.6 Å². The van der Waals surface area contributed by atoms with Gasteiger partial charge in [0.25, 0.3) is 0 Å². The fourth-order valence-corrected chi connectivity index (χ4v) is 5.68. The molecule has 2 aliphatic carbocycles. The van der Waals surface area contributed by atoms with Crippen LogP contribution in [0.1, 0.15) is 83.1 Å². The summed E-state index contributed by atoms with van der Waals surface area (Å²) >= 11 is 0. The SMILES string of the molecule is CCCC1CCC(C2CCC(CCc3ccc(OCC(F)(F)C(F)(F)F)cc3)CC2)CC1. The maximum atomic E-state index is 13.0. The number of ether oxygens (including phenoxy) is 1. The van der Waals surface area contributed by atoms with Crippen LogP contribution in [0.5, 0.6) is 5.75 Å². The zero-order valence-electron chi connectivity index (χ0n) is 19.1. The molecule has 2 saturated carbocycles. The van der Waals surface area contributed by atoms with Crippen LogP contribution in [0.4, 0.5) is 22.0 Å². The molecule has 0 bridgehead atoms. The predicted molar refractivity (Wildman–Crippen MR) is 117 cm³/mol. The minimum atomic E-state index is -5.60. The van der Waals surface area contributed by atoms with E-state index in [0.717, 1.165) is 42.1 Å². The average Bonchev–Trinajstić information content (AvgIpc) is 2.77. The lowest BCUT2D eigenvalue weighted by molar-refractivity contribution is -0.290. The topological polar surface area (TPSA) is 9.23 Å². The van der Waals surface area contributed by atoms with Crippen molar-refractivity contribution in [3.05, 3.63) is 29.8 Å². The molecule has 0 aliphatic heterocycles. The number of aryl methyl sites for hydroxylation is 1. The molecule has 1 nitrogen and oxygen atoms in total. The minimum absolute atomic E-state index is 0.0341. The third-order valence-electron chi connectivity index (χ3n) is 7.75. The second kappa shape index (κ2) is 11.2. The van der Waals surface area contributed by atoms with Gasteiger partial charge in [0.2, 0.25) is 0 Å². The van der Waals surface area contributed by atoms with E-state index in [-0.39, 0.29) is 5.75 Å². The number of alkyl halides is 5. The highest BCUT2D eigenvalue weighted by Crippen LogP contribution is 2.43. The zero-order valence-corrected chi connectivity index (χ0v) is 19.1. The molecule has 0 saturated heterocycles. The molecule has 0 heterocycles. The van der Waals surface area contributed by atoms with Gasteiger partial charge >= 0.3 is 12.1 Å². The summed E-state index contributed by atoms with van der Waals surface area (Å²) in [6, 6.07) is 6.49. The molecule has 3 rings (SSSR count). The number of hydrogen-bond acceptors (Lipinski definition) is 1. The zero-order chi connectivity index (χ0) is 23.2. The van der Waals surface area contributed by atoms with E-state index < -0.39 is 18.7 Å². The summed E-state index contributed by atoms with van der Waals surface area (Å²) in [5.41, 5.74) is 1.07. The van der Waals surface area contributed by atoms with Gasteiger partial charge in [-0.25, -0.2) is 0 Å². The molecule has 0 aromatic heterocycles. The third-order valence-corrected chi connectivity index (χ3v) is 7.75. The summed E-state index contributed by atoms with van der Waals surface area (Å²) in [7, 11) is 0. The van der Waals surface area contributed by atoms with E-state index in [0.29, 0.717) is 0 Å². The Morgan fingerprint density at radius 3 is 1.72 bits per heavy atom. The van der Waals surface area contributed by atoms with Crippen LogP contribution in [-0.4, -0.2) is 18.7 Å². The van der Waals surface area contributed by atoms with E-state index in [4.69, 9.17) is 0 Å². The first-order valence-electron chi connectivity index (χ1n) is 12.3. The summed E-state index contributed by atoms with van der Waals surface area (Å²) in [5, 5.41) is 0. The Labute approximate surface area is 189 Å². The van der Waals surface area contributed by atoms with Crippen LogP contribution in [0.3, 0.4) is 0 Å². The van der Waals surface area contributed by atoms with Crippen molar-refractivity contribution in [2.75, 3.05) is 6.61 Å². The molecule has 1 aromatic carbocycles. The first-order chi connectivity index (χ1) is 15.2. The van der Waals surface area contributed by atoms with Crippen molar-refractivity contribution in [2.24, 2.45) is 23.7 Å². The summed E-state index contributed by atoms with van der Waals surface area (Å²) in [6.45, 7) is 0.592. The van der Waals surface area contributed by atoms with E-state index in [2.05, 4.69) is 11.7 Å². The van der Waals surface area contributed by atoms with Gasteiger partial charge in [0.1, 0.15) is 5.75 Å². The molecule has 1 aromatic rings. The number of benzene rings is 1. The summed E-state index contributed by atoms with van der Waals surface area (Å²) in [4.78, 5) is 0. The van der Waals surface area contributed by atoms with Crippen LogP contribution in [0.2, 0.25) is 0 Å². The molecule has 6 heteroatoms. The van der Waals surface area contributed by atoms with Crippen molar-refractivity contribution < 1.29 is 26.7 Å². The first kappa shape index (κ1) is 25.3. The van der Waals surface area contributed by atoms with Gasteiger partial charge < -0.3 is 4.74 Å². The lowest BCUT2D eigenvalue weighted by Crippen LogP contribution is -2.41. The standard InChI is InChI=1S/C26H37F5O/c1-2-3-19-6-12-22(13-7-19)23-14-8-20(9-15-23)4-5-21-10-16-24(17-11-21)32-18-25(27,28)26(29,30)31/h10-11,16-17,19-20,22-23H,2-9,12-15,18H2,1H3. The fraction of sp³-hybridized carbons (Fsp3) is 0.769. The molecule has 182 valence electrons. The molecule has 0 spiro atoms. The molecule has 2 fully saturated rings. The fourth-order valence-electron chi connectivity index (χ4n) is 5.68. The van der Waals surface area contributed by atoms with Gasteiger partial charge in [0.15, 0.2) is 6.61 Å². The van der Waals surface area contributed by atoms with E-state index >= 15 is 0 Å². The molecule has 0 atom stereocenters. The Morgan fingerprint density at radius 2 is 1.25 bits per heavy atom. The highest BCUT2D eigenvalue weighted by molar-refractivity contribution is 5.27. The van der Waals surface area contributed by atoms with Crippen LogP contribution in [0.15, 0.2) is 24.3 Å². The third kappa shape index (κ3) is 7.08. The summed E-state index contributed by atoms with van der Waals surface area (Å²) in [6.07, 6.45) is 10.0. The second-order valence-corrected chi connectivity index (χ2v) is 10.0. The molecule has 0 N–H and O–H groups in total. The van der Waals surface area contributed by atoms with Crippen LogP contribution in [0.25, 0.3) is 0 Å². The highest BCUT2D eigenvalue weighted by Gasteiger charge is 2.58. The van der Waals surface area contributed by atoms with Crippen LogP contribution in [0, 0.1) is 23.7 Å². The van der Waals surface area contributed by atoms with E-state index in [1.807, 2.05) is 0 Å². The van der Waals surface area contributed by atoms with Crippen molar-refractivity contribution in [3.63, 3.8) is 0 Å². The lowest BCUT2D eigenvalue weighted by Gasteiger charge is -2.38. The largest absolute Gasteiger partial charge is 0.487 e. The highest BCUT2D eigenvalue weighted by atomic mass is 19.4. The quantitative estimate of drug-likeness (QED) is 0.335. The van der Waals surface area contributed by atoms with Gasteiger partial charge in [0.05, 0.1) is 0 Å². The van der Waals surface area contributed by atoms with Crippen molar-refractivity contribution >= 4 is 0 Å². The molecule has 0 amide bonds. The molecule has 2 aliphatic rings. The average molecular weight is 461 g/mol. The van der Waals surface area contributed by atoms with Gasteiger partial charge in [-0.15, -0.1) is 0 Å². The Hall–Kier alpha value is -1.33. The van der Waals surface area contributed by atoms with Gasteiger partial charge in [-0.3, -0.25) is 0 Å². The first-order valence-corrected chi connectivity index (χ1v) is 12.3. The summed E-state index contributed by atoms with van der Waals surface area (Å²) < 4.78 is 67.3. The summed E-state index contributed by atoms with van der Waals surface area (Å²) in [5.74, 6) is -1.29. The van der Waals surface area contributed by atoms with Gasteiger partial charge in [0, 0.05) is 0 Å². The van der Waals surface area contributed by atoms with Crippen molar-refractivity contribution in [2.45, 2.75) is 96.1 Å². The number of rotatable bonds is 9. The predicted octanol–water partition coefficient (Wildman–Crippen LogP) is 8.61. The van der Waals surface area contributed by atoms with Gasteiger partial charge in [-0.2, -0.15) is 22.0 Å². The monoisotopic (exact) mass is 460 g/mol.